The Kier molecular flexibility index (Phi) is 10.0. The molecule has 0 unspecified atom stereocenters. The highest BCUT2D eigenvalue weighted by Crippen LogP contribution is 2.15. The molecule has 162 valence electrons. The van der Waals surface area contributed by atoms with Crippen molar-refractivity contribution in [2.24, 2.45) is 11.8 Å². The molecule has 3 atom stereocenters. The lowest BCUT2D eigenvalue weighted by Crippen LogP contribution is -2.56. The second-order valence-corrected chi connectivity index (χ2v) is 8.47. The van der Waals surface area contributed by atoms with E-state index in [0.29, 0.717) is 12.8 Å². The van der Waals surface area contributed by atoms with Crippen LogP contribution < -0.4 is 10.6 Å². The molecule has 0 aliphatic carbocycles. The fraction of sp³-hybridized carbons (Fsp3) is 0.609. The van der Waals surface area contributed by atoms with Crippen molar-refractivity contribution in [2.45, 2.75) is 65.6 Å². The predicted molar refractivity (Wildman–Crippen MR) is 116 cm³/mol. The highest BCUT2D eigenvalue weighted by atomic mass is 16.2. The van der Waals surface area contributed by atoms with E-state index in [-0.39, 0.29) is 29.4 Å². The molecule has 0 spiro atoms. The molecule has 29 heavy (non-hydrogen) atoms. The van der Waals surface area contributed by atoms with Crippen LogP contribution in [0.1, 0.15) is 46.6 Å². The zero-order chi connectivity index (χ0) is 22.1. The Morgan fingerprint density at radius 3 is 2.03 bits per heavy atom. The van der Waals surface area contributed by atoms with Crippen LogP contribution in [0.25, 0.3) is 0 Å². The molecule has 0 radical (unpaired) electrons. The summed E-state index contributed by atoms with van der Waals surface area (Å²) in [6.45, 7) is 9.36. The van der Waals surface area contributed by atoms with Crippen LogP contribution in [0.15, 0.2) is 30.3 Å². The van der Waals surface area contributed by atoms with E-state index in [9.17, 15) is 14.4 Å². The van der Waals surface area contributed by atoms with Gasteiger partial charge in [0, 0.05) is 7.05 Å². The smallest absolute Gasteiger partial charge is 0.245 e. The van der Waals surface area contributed by atoms with E-state index in [2.05, 4.69) is 10.6 Å². The van der Waals surface area contributed by atoms with Crippen LogP contribution in [0.3, 0.4) is 0 Å². The molecule has 2 amide bonds. The zero-order valence-corrected chi connectivity index (χ0v) is 18.9. The van der Waals surface area contributed by atoms with Gasteiger partial charge in [-0.3, -0.25) is 14.4 Å². The number of amides is 2. The normalized spacial score (nSPS) is 14.4. The van der Waals surface area contributed by atoms with Crippen molar-refractivity contribution in [2.75, 3.05) is 14.1 Å². The molecule has 1 aromatic carbocycles. The molecule has 0 saturated carbocycles. The van der Waals surface area contributed by atoms with Gasteiger partial charge in [0.2, 0.25) is 11.8 Å². The van der Waals surface area contributed by atoms with Crippen LogP contribution in [-0.4, -0.2) is 54.7 Å². The summed E-state index contributed by atoms with van der Waals surface area (Å²) in [7, 11) is 3.39. The molecular weight excluding hydrogens is 366 g/mol. The molecule has 0 aromatic heterocycles. The van der Waals surface area contributed by atoms with Gasteiger partial charge in [-0.1, -0.05) is 58.0 Å². The Balaban J connectivity index is 2.97. The number of ketones is 1. The third-order valence-corrected chi connectivity index (χ3v) is 5.08. The Morgan fingerprint density at radius 1 is 1.00 bits per heavy atom. The Bertz CT molecular complexity index is 673. The number of hydrogen-bond donors (Lipinski definition) is 2. The quantitative estimate of drug-likeness (QED) is 0.595. The summed E-state index contributed by atoms with van der Waals surface area (Å²) < 4.78 is 0. The second-order valence-electron chi connectivity index (χ2n) is 8.47. The van der Waals surface area contributed by atoms with Gasteiger partial charge < -0.3 is 15.5 Å². The highest BCUT2D eigenvalue weighted by Gasteiger charge is 2.33. The lowest BCUT2D eigenvalue weighted by atomic mass is 9.96. The van der Waals surface area contributed by atoms with Crippen LogP contribution in [0.4, 0.5) is 0 Å². The van der Waals surface area contributed by atoms with E-state index in [1.54, 1.807) is 14.1 Å². The Labute approximate surface area is 175 Å². The summed E-state index contributed by atoms with van der Waals surface area (Å²) in [5.74, 6) is -0.277. The van der Waals surface area contributed by atoms with Gasteiger partial charge in [0.05, 0.1) is 12.1 Å². The number of likely N-dealkylation sites (N-methyl/N-ethyl adjacent to an activating group) is 2. The highest BCUT2D eigenvalue weighted by molar-refractivity contribution is 5.93. The van der Waals surface area contributed by atoms with E-state index < -0.39 is 18.1 Å². The number of benzene rings is 1. The molecule has 0 aliphatic rings. The molecule has 0 fully saturated rings. The first kappa shape index (κ1) is 24.8. The summed E-state index contributed by atoms with van der Waals surface area (Å²) in [4.78, 5) is 39.7. The molecule has 0 aliphatic heterocycles. The van der Waals surface area contributed by atoms with Gasteiger partial charge in [0.25, 0.3) is 0 Å². The van der Waals surface area contributed by atoms with Crippen LogP contribution in [0, 0.1) is 11.8 Å². The number of Topliss-reactive ketones (excluding diaryl/α,β-unsaturated/α-hetero) is 1. The van der Waals surface area contributed by atoms with Crippen molar-refractivity contribution in [3.63, 3.8) is 0 Å². The van der Waals surface area contributed by atoms with Crippen LogP contribution in [0.2, 0.25) is 0 Å². The molecule has 6 nitrogen and oxygen atoms in total. The van der Waals surface area contributed by atoms with E-state index in [0.717, 1.165) is 5.56 Å². The third kappa shape index (κ3) is 7.61. The topological polar surface area (TPSA) is 78.5 Å². The fourth-order valence-corrected chi connectivity index (χ4v) is 3.71. The Hall–Kier alpha value is -2.21. The molecule has 1 aromatic rings. The predicted octanol–water partition coefficient (Wildman–Crippen LogP) is 2.42. The number of hydrogen-bond acceptors (Lipinski definition) is 4. The van der Waals surface area contributed by atoms with E-state index in [1.165, 1.54) is 11.8 Å². The number of nitrogens with zero attached hydrogens (tertiary/aromatic N) is 1. The summed E-state index contributed by atoms with van der Waals surface area (Å²) in [6.07, 6.45) is 1.04. The average Bonchev–Trinajstić information content (AvgIpc) is 2.64. The van der Waals surface area contributed by atoms with E-state index >= 15 is 0 Å². The van der Waals surface area contributed by atoms with Crippen molar-refractivity contribution < 1.29 is 14.4 Å². The minimum atomic E-state index is -0.667. The van der Waals surface area contributed by atoms with Gasteiger partial charge in [0.15, 0.2) is 5.78 Å². The van der Waals surface area contributed by atoms with Crippen LogP contribution in [-0.2, 0) is 20.8 Å². The lowest BCUT2D eigenvalue weighted by molar-refractivity contribution is -0.142. The van der Waals surface area contributed by atoms with Crippen molar-refractivity contribution >= 4 is 17.6 Å². The summed E-state index contributed by atoms with van der Waals surface area (Å²) >= 11 is 0. The minimum absolute atomic E-state index is 0.0000101. The van der Waals surface area contributed by atoms with Gasteiger partial charge in [-0.2, -0.15) is 0 Å². The number of carbonyl (C=O) groups excluding carboxylic acids is 3. The standard InChI is InChI=1S/C23H37N3O3/c1-15(2)13-20(23(29)26(7)21(16(3)4)17(5)27)25-22(28)19(24-6)14-18-11-9-8-10-12-18/h8-12,15-16,19-21,24H,13-14H2,1-7H3,(H,25,28)/t19-,20-,21-/m0/s1. The summed E-state index contributed by atoms with van der Waals surface area (Å²) in [6, 6.07) is 8.15. The maximum atomic E-state index is 13.2. The Morgan fingerprint density at radius 2 is 1.59 bits per heavy atom. The molecule has 2 N–H and O–H groups in total. The SMILES string of the molecule is CN[C@@H](Cc1ccccc1)C(=O)N[C@@H](CC(C)C)C(=O)N(C)[C@H](C(C)=O)C(C)C. The van der Waals surface area contributed by atoms with E-state index in [1.807, 2.05) is 58.0 Å². The third-order valence-electron chi connectivity index (χ3n) is 5.08. The van der Waals surface area contributed by atoms with Crippen molar-refractivity contribution in [1.29, 1.82) is 0 Å². The monoisotopic (exact) mass is 403 g/mol. The first-order valence-corrected chi connectivity index (χ1v) is 10.4. The van der Waals surface area contributed by atoms with Gasteiger partial charge in [-0.25, -0.2) is 0 Å². The fourth-order valence-electron chi connectivity index (χ4n) is 3.71. The largest absolute Gasteiger partial charge is 0.343 e. The number of rotatable bonds is 11. The van der Waals surface area contributed by atoms with Crippen LogP contribution in [0.5, 0.6) is 0 Å². The van der Waals surface area contributed by atoms with Crippen LogP contribution >= 0.6 is 0 Å². The number of nitrogens with one attached hydrogen (secondary N) is 2. The molecular formula is C23H37N3O3. The first-order chi connectivity index (χ1) is 13.6. The second kappa shape index (κ2) is 11.7. The lowest BCUT2D eigenvalue weighted by Gasteiger charge is -2.33. The average molecular weight is 404 g/mol. The number of carbonyl (C=O) groups is 3. The molecule has 0 heterocycles. The van der Waals surface area contributed by atoms with E-state index in [4.69, 9.17) is 0 Å². The molecule has 1 rings (SSSR count). The van der Waals surface area contributed by atoms with Gasteiger partial charge in [0.1, 0.15) is 6.04 Å². The summed E-state index contributed by atoms with van der Waals surface area (Å²) in [5, 5.41) is 5.97. The maximum Gasteiger partial charge on any atom is 0.245 e. The zero-order valence-electron chi connectivity index (χ0n) is 18.9. The van der Waals surface area contributed by atoms with Crippen molar-refractivity contribution in [3.05, 3.63) is 35.9 Å². The van der Waals surface area contributed by atoms with Gasteiger partial charge in [-0.05, 0) is 44.2 Å². The van der Waals surface area contributed by atoms with Gasteiger partial charge in [-0.15, -0.1) is 0 Å². The van der Waals surface area contributed by atoms with Crippen molar-refractivity contribution in [1.82, 2.24) is 15.5 Å². The maximum absolute atomic E-state index is 13.2. The molecule has 0 saturated heterocycles. The van der Waals surface area contributed by atoms with Gasteiger partial charge >= 0.3 is 0 Å². The minimum Gasteiger partial charge on any atom is -0.343 e. The first-order valence-electron chi connectivity index (χ1n) is 10.4. The van der Waals surface area contributed by atoms with Crippen molar-refractivity contribution in [3.8, 4) is 0 Å². The summed E-state index contributed by atoms with van der Waals surface area (Å²) in [5.41, 5.74) is 1.04. The molecule has 6 heteroatoms. The molecule has 0 bridgehead atoms.